The van der Waals surface area contributed by atoms with E-state index < -0.39 is 44.5 Å². The highest BCUT2D eigenvalue weighted by molar-refractivity contribution is 7.88. The van der Waals surface area contributed by atoms with Gasteiger partial charge in [-0.05, 0) is 54.2 Å². The molecule has 1 saturated carbocycles. The lowest BCUT2D eigenvalue weighted by atomic mass is 9.73. The first-order valence-corrected chi connectivity index (χ1v) is 14.3. The smallest absolute Gasteiger partial charge is 0.212 e. The maximum absolute atomic E-state index is 14.7. The van der Waals surface area contributed by atoms with Gasteiger partial charge in [0.2, 0.25) is 10.0 Å². The van der Waals surface area contributed by atoms with Crippen LogP contribution in [0.1, 0.15) is 51.7 Å². The van der Waals surface area contributed by atoms with Crippen LogP contribution >= 0.6 is 0 Å². The maximum Gasteiger partial charge on any atom is 0.218 e. The summed E-state index contributed by atoms with van der Waals surface area (Å²) in [5.74, 6) is -3.78. The molecule has 2 aromatic rings. The van der Waals surface area contributed by atoms with E-state index in [4.69, 9.17) is 0 Å². The fourth-order valence-electron chi connectivity index (χ4n) is 5.54. The minimum Gasteiger partial charge on any atom is -0.212 e. The molecule has 1 fully saturated rings. The van der Waals surface area contributed by atoms with E-state index in [1.807, 2.05) is 6.92 Å². The summed E-state index contributed by atoms with van der Waals surface area (Å²) in [6.45, 7) is 8.06. The van der Waals surface area contributed by atoms with E-state index in [0.717, 1.165) is 30.7 Å². The number of hydrogen-bond donors (Lipinski definition) is 0. The van der Waals surface area contributed by atoms with Crippen molar-refractivity contribution in [1.29, 1.82) is 0 Å². The second-order valence-corrected chi connectivity index (χ2v) is 12.5. The van der Waals surface area contributed by atoms with Crippen molar-refractivity contribution in [3.8, 4) is 0 Å². The quantitative estimate of drug-likeness (QED) is 0.231. The largest absolute Gasteiger partial charge is 0.218 e. The molecule has 0 radical (unpaired) electrons. The van der Waals surface area contributed by atoms with Gasteiger partial charge in [0.25, 0.3) is 0 Å². The highest BCUT2D eigenvalue weighted by Gasteiger charge is 2.47. The van der Waals surface area contributed by atoms with Crippen molar-refractivity contribution in [3.63, 3.8) is 0 Å². The monoisotopic (exact) mass is 553 g/mol. The number of halogens is 4. The predicted molar refractivity (Wildman–Crippen MR) is 141 cm³/mol. The van der Waals surface area contributed by atoms with E-state index in [-0.39, 0.29) is 47.7 Å². The van der Waals surface area contributed by atoms with Crippen LogP contribution in [-0.4, -0.2) is 32.9 Å². The van der Waals surface area contributed by atoms with Gasteiger partial charge in [0.15, 0.2) is 0 Å². The highest BCUT2D eigenvalue weighted by Crippen LogP contribution is 2.52. The second kappa shape index (κ2) is 12.1. The summed E-state index contributed by atoms with van der Waals surface area (Å²) in [7, 11) is -2.55. The standard InChI is InChI=1S/C28H35F4N3O2S/c1-6-35(38(36,37)16-19-10-11-20(29)14-25(19)32)17-28(4)13-12-21(18(2)3)22(28)15-26(34-33-5)27-23(30)8-7-9-24(27)31/h7-11,14-15,18,21-22H,6,12-13,16-17H2,1-5H3/b26-15-,34-33-/t21-,22?,28+/m1/s1. The Kier molecular flexibility index (Phi) is 9.52. The lowest BCUT2D eigenvalue weighted by molar-refractivity contribution is 0.173. The maximum atomic E-state index is 14.7. The third-order valence-corrected chi connectivity index (χ3v) is 9.42. The first-order chi connectivity index (χ1) is 17.8. The Morgan fingerprint density at radius 1 is 1.13 bits per heavy atom. The summed E-state index contributed by atoms with van der Waals surface area (Å²) < 4.78 is 85.1. The second-order valence-electron chi connectivity index (χ2n) is 10.5. The van der Waals surface area contributed by atoms with Crippen LogP contribution in [0.4, 0.5) is 17.6 Å². The molecular formula is C28H35F4N3O2S. The molecule has 0 spiro atoms. The fraction of sp³-hybridized carbons (Fsp3) is 0.500. The molecule has 208 valence electrons. The summed E-state index contributed by atoms with van der Waals surface area (Å²) >= 11 is 0. The van der Waals surface area contributed by atoms with Gasteiger partial charge in [-0.25, -0.2) is 30.3 Å². The number of benzene rings is 2. The predicted octanol–water partition coefficient (Wildman–Crippen LogP) is 7.21. The molecule has 1 unspecified atom stereocenters. The zero-order chi connectivity index (χ0) is 28.3. The molecule has 0 heterocycles. The van der Waals surface area contributed by atoms with Crippen LogP contribution in [0.15, 0.2) is 52.7 Å². The lowest BCUT2D eigenvalue weighted by Gasteiger charge is -2.37. The van der Waals surface area contributed by atoms with Gasteiger partial charge in [0, 0.05) is 31.8 Å². The van der Waals surface area contributed by atoms with Gasteiger partial charge in [-0.3, -0.25) is 0 Å². The third kappa shape index (κ3) is 6.51. The number of hydrogen-bond acceptors (Lipinski definition) is 4. The first kappa shape index (κ1) is 30.0. The topological polar surface area (TPSA) is 62.1 Å². The molecule has 0 N–H and O–H groups in total. The van der Waals surface area contributed by atoms with Crippen LogP contribution in [0.2, 0.25) is 0 Å². The zero-order valence-corrected chi connectivity index (χ0v) is 23.2. The molecule has 0 amide bonds. The average Bonchev–Trinajstić information content (AvgIpc) is 3.15. The van der Waals surface area contributed by atoms with Crippen molar-refractivity contribution >= 4 is 15.7 Å². The van der Waals surface area contributed by atoms with Gasteiger partial charge in [0.1, 0.15) is 23.3 Å². The molecule has 0 saturated heterocycles. The summed E-state index contributed by atoms with van der Waals surface area (Å²) in [4.78, 5) is 0. The van der Waals surface area contributed by atoms with E-state index in [2.05, 4.69) is 24.1 Å². The molecule has 1 aliphatic carbocycles. The summed E-state index contributed by atoms with van der Waals surface area (Å²) in [5, 5.41) is 7.85. The van der Waals surface area contributed by atoms with Crippen molar-refractivity contribution in [2.75, 3.05) is 20.1 Å². The van der Waals surface area contributed by atoms with Gasteiger partial charge in [0.05, 0.1) is 17.0 Å². The van der Waals surface area contributed by atoms with Gasteiger partial charge in [-0.1, -0.05) is 45.9 Å². The van der Waals surface area contributed by atoms with Crippen LogP contribution in [0.3, 0.4) is 0 Å². The fourth-order valence-corrected chi connectivity index (χ4v) is 7.23. The van der Waals surface area contributed by atoms with E-state index in [9.17, 15) is 26.0 Å². The van der Waals surface area contributed by atoms with Crippen LogP contribution in [0.25, 0.3) is 5.70 Å². The summed E-state index contributed by atoms with van der Waals surface area (Å²) in [6.07, 6.45) is 3.19. The van der Waals surface area contributed by atoms with Gasteiger partial charge < -0.3 is 0 Å². The minimum atomic E-state index is -3.96. The molecular weight excluding hydrogens is 518 g/mol. The molecule has 38 heavy (non-hydrogen) atoms. The van der Waals surface area contributed by atoms with E-state index in [1.165, 1.54) is 17.4 Å². The number of nitrogens with zero attached hydrogens (tertiary/aromatic N) is 3. The van der Waals surface area contributed by atoms with Crippen LogP contribution in [0, 0.1) is 46.4 Å². The molecule has 10 heteroatoms. The summed E-state index contributed by atoms with van der Waals surface area (Å²) in [5.41, 5.74) is -0.929. The van der Waals surface area contributed by atoms with E-state index in [1.54, 1.807) is 13.0 Å². The molecule has 3 rings (SSSR count). The zero-order valence-electron chi connectivity index (χ0n) is 22.4. The molecule has 2 aromatic carbocycles. The van der Waals surface area contributed by atoms with Crippen LogP contribution < -0.4 is 0 Å². The SMILES string of the molecule is CCN(C[C@]1(C)CC[C@H](C(C)C)C1/C=C(\N=N/C)c1c(F)cccc1F)S(=O)(=O)Cc1ccc(F)cc1F. The van der Waals surface area contributed by atoms with Crippen molar-refractivity contribution in [2.24, 2.45) is 33.4 Å². The van der Waals surface area contributed by atoms with Crippen LogP contribution in [-0.2, 0) is 15.8 Å². The Labute approximate surface area is 222 Å². The highest BCUT2D eigenvalue weighted by atomic mass is 32.2. The van der Waals surface area contributed by atoms with Crippen molar-refractivity contribution in [1.82, 2.24) is 4.31 Å². The third-order valence-electron chi connectivity index (χ3n) is 7.57. The average molecular weight is 554 g/mol. The van der Waals surface area contributed by atoms with E-state index in [0.29, 0.717) is 12.5 Å². The normalized spacial score (nSPS) is 22.8. The van der Waals surface area contributed by atoms with Gasteiger partial charge in [-0.2, -0.15) is 10.2 Å². The Balaban J connectivity index is 2.02. The Morgan fingerprint density at radius 2 is 1.79 bits per heavy atom. The molecule has 0 aromatic heterocycles. The Hall–Kier alpha value is -2.59. The van der Waals surface area contributed by atoms with E-state index >= 15 is 0 Å². The number of sulfonamides is 1. The minimum absolute atomic E-state index is 0.0613. The summed E-state index contributed by atoms with van der Waals surface area (Å²) in [6, 6.07) is 6.43. The molecule has 1 aliphatic rings. The lowest BCUT2D eigenvalue weighted by Crippen LogP contribution is -2.43. The molecule has 0 bridgehead atoms. The van der Waals surface area contributed by atoms with Crippen molar-refractivity contribution < 1.29 is 26.0 Å². The molecule has 3 atom stereocenters. The van der Waals surface area contributed by atoms with Crippen molar-refractivity contribution in [3.05, 3.63) is 76.9 Å². The molecule has 5 nitrogen and oxygen atoms in total. The van der Waals surface area contributed by atoms with Gasteiger partial charge in [-0.15, -0.1) is 0 Å². The van der Waals surface area contributed by atoms with Gasteiger partial charge >= 0.3 is 0 Å². The Bertz CT molecular complexity index is 1290. The molecule has 0 aliphatic heterocycles. The number of azo groups is 1. The first-order valence-electron chi connectivity index (χ1n) is 12.7. The van der Waals surface area contributed by atoms with Crippen LogP contribution in [0.5, 0.6) is 0 Å². The number of rotatable bonds is 10. The number of allylic oxidation sites excluding steroid dienone is 1. The Morgan fingerprint density at radius 3 is 2.34 bits per heavy atom. The van der Waals surface area contributed by atoms with Crippen molar-refractivity contribution in [2.45, 2.75) is 46.3 Å².